The second-order valence-corrected chi connectivity index (χ2v) is 4.92. The lowest BCUT2D eigenvalue weighted by atomic mass is 10.1. The fraction of sp³-hybridized carbons (Fsp3) is 0.500. The minimum absolute atomic E-state index is 0.0303. The van der Waals surface area contributed by atoms with E-state index in [0.717, 1.165) is 37.2 Å². The number of para-hydroxylation sites is 1. The lowest BCUT2D eigenvalue weighted by molar-refractivity contribution is -0.117. The lowest BCUT2D eigenvalue weighted by Crippen LogP contribution is -2.40. The Balaban J connectivity index is 1.87. The first-order valence-electron chi connectivity index (χ1n) is 6.67. The first kappa shape index (κ1) is 14.0. The van der Waals surface area contributed by atoms with Crippen molar-refractivity contribution >= 4 is 11.6 Å². The van der Waals surface area contributed by atoms with Gasteiger partial charge < -0.3 is 16.2 Å². The van der Waals surface area contributed by atoms with Crippen LogP contribution in [0, 0.1) is 0 Å². The number of anilines is 1. The topological polar surface area (TPSA) is 78.6 Å². The zero-order valence-electron chi connectivity index (χ0n) is 11.0. The summed E-state index contributed by atoms with van der Waals surface area (Å²) in [4.78, 5) is 14.0. The number of nitrogens with zero attached hydrogens (tertiary/aromatic N) is 1. The van der Waals surface area contributed by atoms with Gasteiger partial charge in [-0.05, 0) is 24.5 Å². The Morgan fingerprint density at radius 3 is 2.74 bits per heavy atom. The van der Waals surface area contributed by atoms with Crippen LogP contribution in [0.4, 0.5) is 5.69 Å². The van der Waals surface area contributed by atoms with Crippen molar-refractivity contribution in [2.75, 3.05) is 25.0 Å². The van der Waals surface area contributed by atoms with E-state index in [9.17, 15) is 9.90 Å². The van der Waals surface area contributed by atoms with E-state index in [0.29, 0.717) is 13.1 Å². The van der Waals surface area contributed by atoms with Gasteiger partial charge in [0.2, 0.25) is 5.91 Å². The molecule has 1 saturated heterocycles. The molecule has 0 unspecified atom stereocenters. The minimum Gasteiger partial charge on any atom is -0.393 e. The van der Waals surface area contributed by atoms with E-state index >= 15 is 0 Å². The van der Waals surface area contributed by atoms with Gasteiger partial charge in [0.05, 0.1) is 12.6 Å². The molecule has 0 spiro atoms. The summed E-state index contributed by atoms with van der Waals surface area (Å²) in [5.74, 6) is -0.0303. The lowest BCUT2D eigenvalue weighted by Gasteiger charge is -2.28. The van der Waals surface area contributed by atoms with E-state index in [1.54, 1.807) is 0 Å². The predicted octanol–water partition coefficient (Wildman–Crippen LogP) is 0.540. The number of aliphatic hydroxyl groups excluding tert-OH is 1. The van der Waals surface area contributed by atoms with E-state index in [1.807, 2.05) is 24.3 Å². The molecule has 0 aromatic heterocycles. The Labute approximate surface area is 113 Å². The molecule has 1 fully saturated rings. The molecule has 0 atom stereocenters. The number of benzene rings is 1. The Morgan fingerprint density at radius 1 is 1.37 bits per heavy atom. The summed E-state index contributed by atoms with van der Waals surface area (Å²) in [7, 11) is 0. The van der Waals surface area contributed by atoms with Gasteiger partial charge in [-0.3, -0.25) is 9.69 Å². The molecule has 19 heavy (non-hydrogen) atoms. The number of nitrogens with two attached hydrogens (primary N) is 1. The van der Waals surface area contributed by atoms with Crippen LogP contribution in [0.5, 0.6) is 0 Å². The molecule has 5 nitrogen and oxygen atoms in total. The Bertz CT molecular complexity index is 428. The standard InChI is InChI=1S/C14H21N3O2/c15-9-11-3-1-2-4-13(11)16-14(19)10-17-7-5-12(18)6-8-17/h1-4,12,18H,5-10,15H2,(H,16,19). The van der Waals surface area contributed by atoms with Gasteiger partial charge in [0.1, 0.15) is 0 Å². The van der Waals surface area contributed by atoms with Gasteiger partial charge >= 0.3 is 0 Å². The molecular formula is C14H21N3O2. The Kier molecular flexibility index (Phi) is 4.90. The van der Waals surface area contributed by atoms with Gasteiger partial charge in [0.25, 0.3) is 0 Å². The van der Waals surface area contributed by atoms with Crippen molar-refractivity contribution in [1.29, 1.82) is 0 Å². The molecular weight excluding hydrogens is 242 g/mol. The average Bonchev–Trinajstić information content (AvgIpc) is 2.42. The van der Waals surface area contributed by atoms with E-state index in [1.165, 1.54) is 0 Å². The second kappa shape index (κ2) is 6.65. The van der Waals surface area contributed by atoms with Gasteiger partial charge in [-0.1, -0.05) is 18.2 Å². The van der Waals surface area contributed by atoms with Crippen LogP contribution in [0.1, 0.15) is 18.4 Å². The van der Waals surface area contributed by atoms with Crippen LogP contribution >= 0.6 is 0 Å². The molecule has 1 amide bonds. The van der Waals surface area contributed by atoms with Crippen LogP contribution in [0.2, 0.25) is 0 Å². The summed E-state index contributed by atoms with van der Waals surface area (Å²) in [5, 5.41) is 12.3. The summed E-state index contributed by atoms with van der Waals surface area (Å²) < 4.78 is 0. The van der Waals surface area contributed by atoms with Crippen molar-refractivity contribution < 1.29 is 9.90 Å². The molecule has 4 N–H and O–H groups in total. The molecule has 1 aromatic rings. The molecule has 1 aliphatic rings. The Morgan fingerprint density at radius 2 is 2.05 bits per heavy atom. The van der Waals surface area contributed by atoms with Crippen molar-refractivity contribution in [2.24, 2.45) is 5.73 Å². The molecule has 104 valence electrons. The number of likely N-dealkylation sites (tertiary alicyclic amines) is 1. The Hall–Kier alpha value is -1.43. The number of hydrogen-bond donors (Lipinski definition) is 3. The normalized spacial score (nSPS) is 17.4. The largest absolute Gasteiger partial charge is 0.393 e. The number of carbonyl (C=O) groups is 1. The van der Waals surface area contributed by atoms with Crippen LogP contribution in [0.15, 0.2) is 24.3 Å². The monoisotopic (exact) mass is 263 g/mol. The third-order valence-corrected chi connectivity index (χ3v) is 3.44. The number of nitrogens with one attached hydrogen (secondary N) is 1. The van der Waals surface area contributed by atoms with Crippen molar-refractivity contribution in [3.63, 3.8) is 0 Å². The summed E-state index contributed by atoms with van der Waals surface area (Å²) in [5.41, 5.74) is 7.36. The highest BCUT2D eigenvalue weighted by molar-refractivity contribution is 5.93. The van der Waals surface area contributed by atoms with Crippen molar-refractivity contribution in [1.82, 2.24) is 4.90 Å². The third-order valence-electron chi connectivity index (χ3n) is 3.44. The van der Waals surface area contributed by atoms with Gasteiger partial charge in [-0.2, -0.15) is 0 Å². The molecule has 1 heterocycles. The highest BCUT2D eigenvalue weighted by Crippen LogP contribution is 2.14. The smallest absolute Gasteiger partial charge is 0.238 e. The number of piperidine rings is 1. The number of rotatable bonds is 4. The van der Waals surface area contributed by atoms with Crippen LogP contribution < -0.4 is 11.1 Å². The molecule has 0 saturated carbocycles. The first-order chi connectivity index (χ1) is 9.19. The predicted molar refractivity (Wildman–Crippen MR) is 74.6 cm³/mol. The number of carbonyl (C=O) groups excluding carboxylic acids is 1. The van der Waals surface area contributed by atoms with E-state index in [-0.39, 0.29) is 12.0 Å². The summed E-state index contributed by atoms with van der Waals surface area (Å²) in [6, 6.07) is 7.56. The highest BCUT2D eigenvalue weighted by Gasteiger charge is 2.19. The molecule has 0 aliphatic carbocycles. The third kappa shape index (κ3) is 4.02. The SMILES string of the molecule is NCc1ccccc1NC(=O)CN1CCC(O)CC1. The van der Waals surface area contributed by atoms with Gasteiger partial charge in [-0.25, -0.2) is 0 Å². The maximum atomic E-state index is 12.0. The van der Waals surface area contributed by atoms with Gasteiger partial charge in [-0.15, -0.1) is 0 Å². The first-order valence-corrected chi connectivity index (χ1v) is 6.67. The van der Waals surface area contributed by atoms with Crippen LogP contribution in [-0.2, 0) is 11.3 Å². The fourth-order valence-corrected chi connectivity index (χ4v) is 2.29. The van der Waals surface area contributed by atoms with Crippen molar-refractivity contribution in [2.45, 2.75) is 25.5 Å². The summed E-state index contributed by atoms with van der Waals surface area (Å²) in [6.07, 6.45) is 1.27. The molecule has 0 bridgehead atoms. The highest BCUT2D eigenvalue weighted by atomic mass is 16.3. The maximum Gasteiger partial charge on any atom is 0.238 e. The quantitative estimate of drug-likeness (QED) is 0.741. The molecule has 1 aliphatic heterocycles. The average molecular weight is 263 g/mol. The van der Waals surface area contributed by atoms with Crippen LogP contribution in [0.3, 0.4) is 0 Å². The summed E-state index contributed by atoms with van der Waals surface area (Å²) in [6.45, 7) is 2.32. The van der Waals surface area contributed by atoms with Gasteiger partial charge in [0.15, 0.2) is 0 Å². The molecule has 1 aromatic carbocycles. The maximum absolute atomic E-state index is 12.0. The minimum atomic E-state index is -0.211. The molecule has 2 rings (SSSR count). The molecule has 0 radical (unpaired) electrons. The fourth-order valence-electron chi connectivity index (χ4n) is 2.29. The van der Waals surface area contributed by atoms with Crippen molar-refractivity contribution in [3.8, 4) is 0 Å². The second-order valence-electron chi connectivity index (χ2n) is 4.92. The van der Waals surface area contributed by atoms with Gasteiger partial charge in [0, 0.05) is 25.3 Å². The number of amides is 1. The van der Waals surface area contributed by atoms with E-state index in [4.69, 9.17) is 5.73 Å². The number of aliphatic hydroxyl groups is 1. The number of hydrogen-bond acceptors (Lipinski definition) is 4. The van der Waals surface area contributed by atoms with Crippen molar-refractivity contribution in [3.05, 3.63) is 29.8 Å². The van der Waals surface area contributed by atoms with E-state index in [2.05, 4.69) is 10.2 Å². The van der Waals surface area contributed by atoms with Crippen LogP contribution in [0.25, 0.3) is 0 Å². The van der Waals surface area contributed by atoms with Crippen LogP contribution in [-0.4, -0.2) is 41.7 Å². The zero-order chi connectivity index (χ0) is 13.7. The summed E-state index contributed by atoms with van der Waals surface area (Å²) >= 11 is 0. The molecule has 5 heteroatoms. The zero-order valence-corrected chi connectivity index (χ0v) is 11.0. The van der Waals surface area contributed by atoms with E-state index < -0.39 is 0 Å².